The second kappa shape index (κ2) is 6.93. The summed E-state index contributed by atoms with van der Waals surface area (Å²) in [5, 5.41) is 8.83. The summed E-state index contributed by atoms with van der Waals surface area (Å²) in [6, 6.07) is 5.29. The fourth-order valence-corrected chi connectivity index (χ4v) is 1.93. The Labute approximate surface area is 126 Å². The van der Waals surface area contributed by atoms with E-state index in [4.69, 9.17) is 5.11 Å². The number of aliphatic carboxylic acids is 1. The highest BCUT2D eigenvalue weighted by atomic mass is 19.2. The minimum absolute atomic E-state index is 0.110. The van der Waals surface area contributed by atoms with Crippen LogP contribution in [0.5, 0.6) is 0 Å². The van der Waals surface area contributed by atoms with Crippen molar-refractivity contribution < 1.29 is 18.7 Å². The van der Waals surface area contributed by atoms with E-state index >= 15 is 0 Å². The summed E-state index contributed by atoms with van der Waals surface area (Å²) in [5.41, 5.74) is 1.24. The fraction of sp³-hybridized carbons (Fsp3) is 0.267. The molecule has 0 saturated heterocycles. The maximum absolute atomic E-state index is 13.3. The van der Waals surface area contributed by atoms with Gasteiger partial charge in [0.1, 0.15) is 0 Å². The predicted octanol–water partition coefficient (Wildman–Crippen LogP) is 2.54. The standard InChI is InChI=1S/C15H15F2N3O2/c1-10-4-6-18-15(19-10)20(7-5-14(21)22)9-11-2-3-12(16)13(17)8-11/h2-4,6,8H,5,7,9H2,1H3,(H,21,22). The van der Waals surface area contributed by atoms with Crippen LogP contribution in [0, 0.1) is 18.6 Å². The third-order valence-corrected chi connectivity index (χ3v) is 3.02. The van der Waals surface area contributed by atoms with Gasteiger partial charge in [-0.05, 0) is 30.7 Å². The molecule has 0 bridgehead atoms. The van der Waals surface area contributed by atoms with E-state index < -0.39 is 17.6 Å². The molecule has 1 heterocycles. The van der Waals surface area contributed by atoms with Gasteiger partial charge in [-0.15, -0.1) is 0 Å². The number of hydrogen-bond acceptors (Lipinski definition) is 4. The predicted molar refractivity (Wildman–Crippen MR) is 76.4 cm³/mol. The zero-order valence-electron chi connectivity index (χ0n) is 12.0. The topological polar surface area (TPSA) is 66.3 Å². The highest BCUT2D eigenvalue weighted by molar-refractivity contribution is 5.67. The molecule has 0 aliphatic carbocycles. The molecule has 0 fully saturated rings. The number of anilines is 1. The Balaban J connectivity index is 2.23. The van der Waals surface area contributed by atoms with Crippen LogP contribution in [0.15, 0.2) is 30.5 Å². The van der Waals surface area contributed by atoms with Crippen molar-refractivity contribution in [3.05, 3.63) is 53.4 Å². The first-order chi connectivity index (χ1) is 10.5. The molecule has 0 radical (unpaired) electrons. The Morgan fingerprint density at radius 1 is 1.27 bits per heavy atom. The maximum atomic E-state index is 13.3. The molecule has 22 heavy (non-hydrogen) atoms. The molecule has 1 N–H and O–H groups in total. The minimum atomic E-state index is -0.956. The summed E-state index contributed by atoms with van der Waals surface area (Å²) < 4.78 is 26.3. The third kappa shape index (κ3) is 4.21. The first-order valence-electron chi connectivity index (χ1n) is 6.66. The highest BCUT2D eigenvalue weighted by Gasteiger charge is 2.13. The van der Waals surface area contributed by atoms with E-state index in [1.54, 1.807) is 24.1 Å². The van der Waals surface area contributed by atoms with Crippen LogP contribution in [0.2, 0.25) is 0 Å². The summed E-state index contributed by atoms with van der Waals surface area (Å²) in [6.45, 7) is 2.14. The molecule has 0 unspecified atom stereocenters. The fourth-order valence-electron chi connectivity index (χ4n) is 1.93. The van der Waals surface area contributed by atoms with E-state index in [0.717, 1.165) is 17.8 Å². The number of carboxylic acids is 1. The summed E-state index contributed by atoms with van der Waals surface area (Å²) in [6.07, 6.45) is 1.46. The van der Waals surface area contributed by atoms with Crippen LogP contribution in [0.4, 0.5) is 14.7 Å². The van der Waals surface area contributed by atoms with Gasteiger partial charge in [0, 0.05) is 25.0 Å². The molecule has 0 atom stereocenters. The minimum Gasteiger partial charge on any atom is -0.481 e. The number of carboxylic acid groups (broad SMARTS) is 1. The second-order valence-corrected chi connectivity index (χ2v) is 4.81. The SMILES string of the molecule is Cc1ccnc(N(CCC(=O)O)Cc2ccc(F)c(F)c2)n1. The van der Waals surface area contributed by atoms with Gasteiger partial charge in [-0.25, -0.2) is 18.7 Å². The van der Waals surface area contributed by atoms with Gasteiger partial charge in [0.05, 0.1) is 6.42 Å². The number of aromatic nitrogens is 2. The molecule has 0 spiro atoms. The van der Waals surface area contributed by atoms with Crippen molar-refractivity contribution in [3.63, 3.8) is 0 Å². The third-order valence-electron chi connectivity index (χ3n) is 3.02. The van der Waals surface area contributed by atoms with Gasteiger partial charge in [0.15, 0.2) is 11.6 Å². The smallest absolute Gasteiger partial charge is 0.305 e. The molecule has 2 aromatic rings. The van der Waals surface area contributed by atoms with Gasteiger partial charge < -0.3 is 10.0 Å². The molecule has 0 aliphatic heterocycles. The molecule has 116 valence electrons. The van der Waals surface area contributed by atoms with Crippen molar-refractivity contribution in [2.24, 2.45) is 0 Å². The van der Waals surface area contributed by atoms with Crippen LogP contribution in [0.1, 0.15) is 17.7 Å². The quantitative estimate of drug-likeness (QED) is 0.888. The van der Waals surface area contributed by atoms with Gasteiger partial charge in [-0.2, -0.15) is 0 Å². The van der Waals surface area contributed by atoms with Crippen LogP contribution in [-0.2, 0) is 11.3 Å². The largest absolute Gasteiger partial charge is 0.481 e. The van der Waals surface area contributed by atoms with Crippen molar-refractivity contribution in [2.45, 2.75) is 19.9 Å². The Kier molecular flexibility index (Phi) is 4.98. The van der Waals surface area contributed by atoms with Crippen molar-refractivity contribution in [1.29, 1.82) is 0 Å². The maximum Gasteiger partial charge on any atom is 0.305 e. The molecular formula is C15H15F2N3O2. The van der Waals surface area contributed by atoms with E-state index in [1.165, 1.54) is 6.07 Å². The molecular weight excluding hydrogens is 292 g/mol. The van der Waals surface area contributed by atoms with E-state index in [9.17, 15) is 13.6 Å². The van der Waals surface area contributed by atoms with Crippen molar-refractivity contribution in [2.75, 3.05) is 11.4 Å². The van der Waals surface area contributed by atoms with Gasteiger partial charge in [-0.1, -0.05) is 6.07 Å². The molecule has 5 nitrogen and oxygen atoms in total. The number of benzene rings is 1. The summed E-state index contributed by atoms with van der Waals surface area (Å²) in [5.74, 6) is -2.47. The van der Waals surface area contributed by atoms with Crippen LogP contribution >= 0.6 is 0 Å². The lowest BCUT2D eigenvalue weighted by molar-refractivity contribution is -0.136. The van der Waals surface area contributed by atoms with Crippen LogP contribution in [0.25, 0.3) is 0 Å². The molecule has 0 aliphatic rings. The van der Waals surface area contributed by atoms with Crippen LogP contribution < -0.4 is 4.90 Å². The van der Waals surface area contributed by atoms with Gasteiger partial charge >= 0.3 is 5.97 Å². The lowest BCUT2D eigenvalue weighted by atomic mass is 10.2. The monoisotopic (exact) mass is 307 g/mol. The molecule has 0 amide bonds. The first-order valence-corrected chi connectivity index (χ1v) is 6.66. The average molecular weight is 307 g/mol. The van der Waals surface area contributed by atoms with E-state index in [0.29, 0.717) is 11.5 Å². The lowest BCUT2D eigenvalue weighted by Gasteiger charge is -2.22. The summed E-state index contributed by atoms with van der Waals surface area (Å²) in [7, 11) is 0. The normalized spacial score (nSPS) is 10.5. The van der Waals surface area contributed by atoms with Crippen LogP contribution in [-0.4, -0.2) is 27.6 Å². The zero-order chi connectivity index (χ0) is 16.1. The van der Waals surface area contributed by atoms with Crippen LogP contribution in [0.3, 0.4) is 0 Å². The average Bonchev–Trinajstić information content (AvgIpc) is 2.47. The lowest BCUT2D eigenvalue weighted by Crippen LogP contribution is -2.27. The number of carbonyl (C=O) groups is 1. The molecule has 7 heteroatoms. The Morgan fingerprint density at radius 2 is 2.05 bits per heavy atom. The number of rotatable bonds is 6. The first kappa shape index (κ1) is 15.8. The molecule has 1 aromatic carbocycles. The number of aryl methyl sites for hydroxylation is 1. The molecule has 2 rings (SSSR count). The van der Waals surface area contributed by atoms with Crippen molar-refractivity contribution in [1.82, 2.24) is 9.97 Å². The van der Waals surface area contributed by atoms with Gasteiger partial charge in [0.2, 0.25) is 5.95 Å². The second-order valence-electron chi connectivity index (χ2n) is 4.81. The molecule has 1 aromatic heterocycles. The molecule has 0 saturated carbocycles. The van der Waals surface area contributed by atoms with E-state index in [1.807, 2.05) is 0 Å². The number of halogens is 2. The van der Waals surface area contributed by atoms with Gasteiger partial charge in [0.25, 0.3) is 0 Å². The Bertz CT molecular complexity index is 680. The van der Waals surface area contributed by atoms with E-state index in [-0.39, 0.29) is 19.5 Å². The van der Waals surface area contributed by atoms with Crippen molar-refractivity contribution in [3.8, 4) is 0 Å². The Morgan fingerprint density at radius 3 is 2.68 bits per heavy atom. The summed E-state index contributed by atoms with van der Waals surface area (Å²) in [4.78, 5) is 20.7. The number of hydrogen-bond donors (Lipinski definition) is 1. The number of nitrogens with zero attached hydrogens (tertiary/aromatic N) is 3. The van der Waals surface area contributed by atoms with Crippen molar-refractivity contribution >= 4 is 11.9 Å². The zero-order valence-corrected chi connectivity index (χ0v) is 12.0. The highest BCUT2D eigenvalue weighted by Crippen LogP contribution is 2.15. The van der Waals surface area contributed by atoms with Gasteiger partial charge in [-0.3, -0.25) is 4.79 Å². The summed E-state index contributed by atoms with van der Waals surface area (Å²) >= 11 is 0. The van der Waals surface area contributed by atoms with E-state index in [2.05, 4.69) is 9.97 Å². The Hall–Kier alpha value is -2.57.